The topological polar surface area (TPSA) is 66.8 Å². The van der Waals surface area contributed by atoms with Gasteiger partial charge in [0, 0.05) is 0 Å². The van der Waals surface area contributed by atoms with E-state index in [2.05, 4.69) is 4.52 Å². The van der Waals surface area contributed by atoms with Gasteiger partial charge in [0.25, 0.3) is 0 Å². The van der Waals surface area contributed by atoms with Crippen molar-refractivity contribution in [1.29, 1.82) is 0 Å². The predicted molar refractivity (Wildman–Crippen MR) is 42.5 cm³/mol. The van der Waals surface area contributed by atoms with E-state index in [4.69, 9.17) is 9.79 Å². The van der Waals surface area contributed by atoms with E-state index in [0.717, 1.165) is 6.92 Å². The second-order valence-corrected chi connectivity index (χ2v) is 4.34. The predicted octanol–water partition coefficient (Wildman–Crippen LogP) is 2.22. The molecule has 86 valence electrons. The molecule has 0 radical (unpaired) electrons. The fourth-order valence-corrected chi connectivity index (χ4v) is 1.70. The molecule has 1 unspecified atom stereocenters. The maximum Gasteiger partial charge on any atom is 0.470 e. The lowest BCUT2D eigenvalue weighted by atomic mass is 9.99. The molecule has 0 saturated heterocycles. The second-order valence-electron chi connectivity index (χ2n) is 3.18. The molecule has 4 nitrogen and oxygen atoms in total. The fourth-order valence-electron chi connectivity index (χ4n) is 0.933. The van der Waals surface area contributed by atoms with Crippen molar-refractivity contribution in [2.45, 2.75) is 38.5 Å². The van der Waals surface area contributed by atoms with E-state index >= 15 is 0 Å². The summed E-state index contributed by atoms with van der Waals surface area (Å²) in [7, 11) is -4.89. The van der Waals surface area contributed by atoms with Gasteiger partial charge in [0.15, 0.2) is 0 Å². The van der Waals surface area contributed by atoms with Crippen LogP contribution in [0.3, 0.4) is 0 Å². The van der Waals surface area contributed by atoms with Crippen LogP contribution in [0.15, 0.2) is 0 Å². The molecular weight excluding hydrogens is 224 g/mol. The molecule has 0 aliphatic rings. The highest BCUT2D eigenvalue weighted by Gasteiger charge is 2.42. The van der Waals surface area contributed by atoms with E-state index < -0.39 is 26.0 Å². The average molecular weight is 236 g/mol. The Kier molecular flexibility index (Phi) is 4.15. The Balaban J connectivity index is 4.57. The lowest BCUT2D eigenvalue weighted by molar-refractivity contribution is -0.169. The normalized spacial score (nSPS) is 17.9. The first-order valence-electron chi connectivity index (χ1n) is 3.80. The Labute approximate surface area is 79.3 Å². The molecule has 0 bridgehead atoms. The van der Waals surface area contributed by atoms with Crippen LogP contribution >= 0.6 is 7.82 Å². The van der Waals surface area contributed by atoms with Crippen LogP contribution in [0, 0.1) is 0 Å². The number of halogens is 3. The van der Waals surface area contributed by atoms with Gasteiger partial charge in [-0.2, -0.15) is 13.2 Å². The van der Waals surface area contributed by atoms with Gasteiger partial charge in [-0.1, -0.05) is 6.92 Å². The SMILES string of the molecule is CCC(C)(CC(F)(F)F)OP(=O)(O)O. The number of phosphoric ester groups is 1. The zero-order chi connectivity index (χ0) is 11.6. The Bertz CT molecular complexity index is 236. The molecule has 0 spiro atoms. The third-order valence-corrected chi connectivity index (χ3v) is 2.34. The van der Waals surface area contributed by atoms with Gasteiger partial charge in [-0.05, 0) is 13.3 Å². The summed E-state index contributed by atoms with van der Waals surface area (Å²) in [6.07, 6.45) is -6.04. The lowest BCUT2D eigenvalue weighted by Crippen LogP contribution is -2.33. The van der Waals surface area contributed by atoms with Gasteiger partial charge < -0.3 is 9.79 Å². The molecule has 0 aromatic heterocycles. The number of rotatable bonds is 4. The maximum absolute atomic E-state index is 12.0. The highest BCUT2D eigenvalue weighted by atomic mass is 31.2. The molecule has 0 saturated carbocycles. The zero-order valence-electron chi connectivity index (χ0n) is 7.71. The minimum Gasteiger partial charge on any atom is -0.303 e. The zero-order valence-corrected chi connectivity index (χ0v) is 8.60. The summed E-state index contributed by atoms with van der Waals surface area (Å²) in [5.74, 6) is 0. The molecule has 1 atom stereocenters. The van der Waals surface area contributed by atoms with Crippen LogP contribution in [0.1, 0.15) is 26.7 Å². The maximum atomic E-state index is 12.0. The molecule has 0 rings (SSSR count). The van der Waals surface area contributed by atoms with Crippen molar-refractivity contribution in [3.05, 3.63) is 0 Å². The van der Waals surface area contributed by atoms with Gasteiger partial charge in [-0.3, -0.25) is 4.52 Å². The summed E-state index contributed by atoms with van der Waals surface area (Å²) >= 11 is 0. The van der Waals surface area contributed by atoms with Crippen LogP contribution in [0.4, 0.5) is 13.2 Å². The van der Waals surface area contributed by atoms with Crippen molar-refractivity contribution in [1.82, 2.24) is 0 Å². The van der Waals surface area contributed by atoms with Gasteiger partial charge in [0.2, 0.25) is 0 Å². The first-order chi connectivity index (χ1) is 5.97. The lowest BCUT2D eigenvalue weighted by Gasteiger charge is -2.29. The molecule has 0 aliphatic heterocycles. The molecule has 8 heteroatoms. The minimum atomic E-state index is -4.89. The summed E-state index contributed by atoms with van der Waals surface area (Å²) < 4.78 is 50.4. The number of hydrogen-bond donors (Lipinski definition) is 2. The van der Waals surface area contributed by atoms with Crippen LogP contribution in [0.2, 0.25) is 0 Å². The van der Waals surface area contributed by atoms with Crippen LogP contribution in [-0.4, -0.2) is 21.6 Å². The van der Waals surface area contributed by atoms with Crippen LogP contribution in [0.5, 0.6) is 0 Å². The van der Waals surface area contributed by atoms with Crippen molar-refractivity contribution in [3.8, 4) is 0 Å². The molecule has 14 heavy (non-hydrogen) atoms. The Morgan fingerprint density at radius 2 is 1.79 bits per heavy atom. The standard InChI is InChI=1S/C6H12F3O4P/c1-3-5(2,4-6(7,8)9)13-14(10,11)12/h3-4H2,1-2H3,(H2,10,11,12). The molecular formula is C6H12F3O4P. The Morgan fingerprint density at radius 3 is 2.00 bits per heavy atom. The van der Waals surface area contributed by atoms with Gasteiger partial charge in [-0.25, -0.2) is 4.57 Å². The summed E-state index contributed by atoms with van der Waals surface area (Å²) in [4.78, 5) is 16.8. The van der Waals surface area contributed by atoms with Crippen molar-refractivity contribution in [3.63, 3.8) is 0 Å². The van der Waals surface area contributed by atoms with E-state index in [9.17, 15) is 17.7 Å². The van der Waals surface area contributed by atoms with E-state index in [-0.39, 0.29) is 6.42 Å². The van der Waals surface area contributed by atoms with Crippen molar-refractivity contribution in [2.75, 3.05) is 0 Å². The minimum absolute atomic E-state index is 0.141. The van der Waals surface area contributed by atoms with Crippen molar-refractivity contribution in [2.24, 2.45) is 0 Å². The van der Waals surface area contributed by atoms with Crippen molar-refractivity contribution < 1.29 is 32.0 Å². The fraction of sp³-hybridized carbons (Fsp3) is 1.00. The summed E-state index contributed by atoms with van der Waals surface area (Å²) in [6.45, 7) is 2.38. The van der Waals surface area contributed by atoms with Crippen LogP contribution in [0.25, 0.3) is 0 Å². The monoisotopic (exact) mass is 236 g/mol. The van der Waals surface area contributed by atoms with E-state index in [1.807, 2.05) is 0 Å². The smallest absolute Gasteiger partial charge is 0.303 e. The largest absolute Gasteiger partial charge is 0.470 e. The molecule has 0 amide bonds. The van der Waals surface area contributed by atoms with Gasteiger partial charge in [0.1, 0.15) is 0 Å². The van der Waals surface area contributed by atoms with E-state index in [0.29, 0.717) is 0 Å². The molecule has 0 aliphatic carbocycles. The quantitative estimate of drug-likeness (QED) is 0.734. The molecule has 0 heterocycles. The molecule has 0 fully saturated rings. The summed E-state index contributed by atoms with van der Waals surface area (Å²) in [6, 6.07) is 0. The van der Waals surface area contributed by atoms with Crippen LogP contribution < -0.4 is 0 Å². The van der Waals surface area contributed by atoms with E-state index in [1.54, 1.807) is 0 Å². The molecule has 2 N–H and O–H groups in total. The first kappa shape index (κ1) is 13.9. The Hall–Kier alpha value is -0.100. The average Bonchev–Trinajstić information content (AvgIpc) is 1.78. The van der Waals surface area contributed by atoms with Crippen molar-refractivity contribution >= 4 is 7.82 Å². The summed E-state index contributed by atoms with van der Waals surface area (Å²) in [5.41, 5.74) is -1.88. The molecule has 0 aromatic carbocycles. The second kappa shape index (κ2) is 4.18. The van der Waals surface area contributed by atoms with Crippen LogP contribution in [-0.2, 0) is 9.09 Å². The first-order valence-corrected chi connectivity index (χ1v) is 5.33. The third kappa shape index (κ3) is 6.37. The summed E-state index contributed by atoms with van der Waals surface area (Å²) in [5, 5.41) is 0. The van der Waals surface area contributed by atoms with Gasteiger partial charge >= 0.3 is 14.0 Å². The third-order valence-electron chi connectivity index (χ3n) is 1.66. The van der Waals surface area contributed by atoms with E-state index in [1.165, 1.54) is 6.92 Å². The van der Waals surface area contributed by atoms with Gasteiger partial charge in [0.05, 0.1) is 12.0 Å². The van der Waals surface area contributed by atoms with Gasteiger partial charge in [-0.15, -0.1) is 0 Å². The highest BCUT2D eigenvalue weighted by Crippen LogP contribution is 2.46. The Morgan fingerprint density at radius 1 is 1.36 bits per heavy atom. The number of alkyl halides is 3. The molecule has 0 aromatic rings. The highest BCUT2D eigenvalue weighted by molar-refractivity contribution is 7.46. The number of phosphoric acid groups is 1. The number of hydrogen-bond acceptors (Lipinski definition) is 2.